The Labute approximate surface area is 188 Å². The van der Waals surface area contributed by atoms with Crippen LogP contribution < -0.4 is 14.8 Å². The molecule has 33 heavy (non-hydrogen) atoms. The summed E-state index contributed by atoms with van der Waals surface area (Å²) in [7, 11) is 3.12. The minimum atomic E-state index is -4.79. The number of hydrogen-bond donors (Lipinski definition) is 1. The number of fused-ring (bicyclic) bond motifs is 1. The Morgan fingerprint density at radius 2 is 1.58 bits per heavy atom. The Bertz CT molecular complexity index is 1150. The molecule has 0 saturated heterocycles. The Balaban J connectivity index is 1.60. The molecule has 1 N–H and O–H groups in total. The highest BCUT2D eigenvalue weighted by molar-refractivity contribution is 5.95. The van der Waals surface area contributed by atoms with E-state index in [1.54, 1.807) is 14.0 Å². The largest absolute Gasteiger partial charge is 0.573 e. The summed E-state index contributed by atoms with van der Waals surface area (Å²) in [6.45, 7) is 1.55. The van der Waals surface area contributed by atoms with Gasteiger partial charge in [-0.1, -0.05) is 24.3 Å². The van der Waals surface area contributed by atoms with E-state index < -0.39 is 23.9 Å². The van der Waals surface area contributed by atoms with Gasteiger partial charge in [0.1, 0.15) is 11.5 Å². The number of carbonyl (C=O) groups excluding carboxylic acids is 2. The number of alkyl halides is 3. The lowest BCUT2D eigenvalue weighted by molar-refractivity contribution is -0.274. The van der Waals surface area contributed by atoms with Crippen LogP contribution in [0.2, 0.25) is 0 Å². The van der Waals surface area contributed by atoms with Crippen molar-refractivity contribution in [3.05, 3.63) is 66.2 Å². The van der Waals surface area contributed by atoms with Crippen LogP contribution in [-0.4, -0.2) is 43.8 Å². The summed E-state index contributed by atoms with van der Waals surface area (Å²) in [5.41, 5.74) is 1.10. The minimum Gasteiger partial charge on any atom is -0.497 e. The number of anilines is 1. The average molecular weight is 460 g/mol. The summed E-state index contributed by atoms with van der Waals surface area (Å²) in [6.07, 6.45) is -4.79. The van der Waals surface area contributed by atoms with E-state index in [2.05, 4.69) is 10.1 Å². The van der Waals surface area contributed by atoms with Gasteiger partial charge in [-0.15, -0.1) is 13.2 Å². The lowest BCUT2D eigenvalue weighted by Crippen LogP contribution is -2.37. The SMILES string of the molecule is COc1ccc2cc([C@H](C)C(=O)N(C)CC(=O)Nc3ccc(OC(F)(F)F)cc3)ccc2c1. The van der Waals surface area contributed by atoms with Crippen LogP contribution in [0, 0.1) is 0 Å². The van der Waals surface area contributed by atoms with Crippen LogP contribution in [0.5, 0.6) is 11.5 Å². The molecule has 0 spiro atoms. The maximum Gasteiger partial charge on any atom is 0.573 e. The summed E-state index contributed by atoms with van der Waals surface area (Å²) < 4.78 is 45.7. The molecule has 3 rings (SSSR count). The highest BCUT2D eigenvalue weighted by Crippen LogP contribution is 2.26. The maximum atomic E-state index is 12.8. The van der Waals surface area contributed by atoms with Gasteiger partial charge in [0.2, 0.25) is 11.8 Å². The summed E-state index contributed by atoms with van der Waals surface area (Å²) in [4.78, 5) is 26.5. The highest BCUT2D eigenvalue weighted by Gasteiger charge is 2.31. The predicted octanol–water partition coefficient (Wildman–Crippen LogP) is 4.95. The number of halogens is 3. The fourth-order valence-electron chi connectivity index (χ4n) is 3.35. The fourth-order valence-corrected chi connectivity index (χ4v) is 3.35. The van der Waals surface area contributed by atoms with Crippen molar-refractivity contribution in [3.63, 3.8) is 0 Å². The van der Waals surface area contributed by atoms with Gasteiger partial charge in [-0.3, -0.25) is 9.59 Å². The molecule has 9 heteroatoms. The molecule has 0 heterocycles. The van der Waals surface area contributed by atoms with Gasteiger partial charge in [0.15, 0.2) is 0 Å². The molecule has 0 radical (unpaired) electrons. The van der Waals surface area contributed by atoms with Crippen LogP contribution in [0.15, 0.2) is 60.7 Å². The van der Waals surface area contributed by atoms with Gasteiger partial charge in [-0.25, -0.2) is 0 Å². The monoisotopic (exact) mass is 460 g/mol. The Kier molecular flexibility index (Phi) is 7.10. The van der Waals surface area contributed by atoms with E-state index in [-0.39, 0.29) is 18.1 Å². The van der Waals surface area contributed by atoms with Crippen molar-refractivity contribution >= 4 is 28.3 Å². The van der Waals surface area contributed by atoms with Crippen LogP contribution in [-0.2, 0) is 9.59 Å². The van der Waals surface area contributed by atoms with Gasteiger partial charge in [-0.2, -0.15) is 0 Å². The van der Waals surface area contributed by atoms with E-state index in [1.165, 1.54) is 24.1 Å². The molecule has 0 fully saturated rings. The highest BCUT2D eigenvalue weighted by atomic mass is 19.4. The van der Waals surface area contributed by atoms with Crippen molar-refractivity contribution in [1.82, 2.24) is 4.90 Å². The number of rotatable bonds is 7. The third kappa shape index (κ3) is 6.38. The Hall–Kier alpha value is -3.75. The first-order valence-corrected chi connectivity index (χ1v) is 10.0. The van der Waals surface area contributed by atoms with Crippen molar-refractivity contribution in [3.8, 4) is 11.5 Å². The molecule has 6 nitrogen and oxygen atoms in total. The van der Waals surface area contributed by atoms with E-state index in [9.17, 15) is 22.8 Å². The van der Waals surface area contributed by atoms with Crippen LogP contribution in [0.25, 0.3) is 10.8 Å². The molecule has 2 amide bonds. The van der Waals surface area contributed by atoms with Gasteiger partial charge >= 0.3 is 6.36 Å². The zero-order valence-corrected chi connectivity index (χ0v) is 18.3. The molecule has 0 unspecified atom stereocenters. The van der Waals surface area contributed by atoms with E-state index in [4.69, 9.17) is 4.74 Å². The van der Waals surface area contributed by atoms with E-state index >= 15 is 0 Å². The van der Waals surface area contributed by atoms with Crippen LogP contribution >= 0.6 is 0 Å². The average Bonchev–Trinajstić information content (AvgIpc) is 2.77. The number of likely N-dealkylation sites (N-methyl/N-ethyl adjacent to an activating group) is 1. The molecule has 3 aromatic rings. The molecule has 174 valence electrons. The molecule has 0 aliphatic carbocycles. The zero-order chi connectivity index (χ0) is 24.2. The number of ether oxygens (including phenoxy) is 2. The Morgan fingerprint density at radius 1 is 0.970 bits per heavy atom. The third-order valence-corrected chi connectivity index (χ3v) is 5.07. The normalized spacial score (nSPS) is 12.2. The van der Waals surface area contributed by atoms with Crippen molar-refractivity contribution in [2.45, 2.75) is 19.2 Å². The second-order valence-electron chi connectivity index (χ2n) is 7.51. The third-order valence-electron chi connectivity index (χ3n) is 5.07. The second-order valence-corrected chi connectivity index (χ2v) is 7.51. The number of hydrogen-bond acceptors (Lipinski definition) is 4. The summed E-state index contributed by atoms with van der Waals surface area (Å²) in [6, 6.07) is 16.1. The molecule has 0 aliphatic heterocycles. The van der Waals surface area contributed by atoms with E-state index in [1.807, 2.05) is 36.4 Å². The first-order valence-electron chi connectivity index (χ1n) is 10.0. The molecule has 0 aliphatic rings. The topological polar surface area (TPSA) is 67.9 Å². The zero-order valence-electron chi connectivity index (χ0n) is 18.3. The molecule has 1 atom stereocenters. The van der Waals surface area contributed by atoms with Crippen molar-refractivity contribution in [2.75, 3.05) is 26.0 Å². The summed E-state index contributed by atoms with van der Waals surface area (Å²) in [5, 5.41) is 4.50. The second kappa shape index (κ2) is 9.81. The summed E-state index contributed by atoms with van der Waals surface area (Å²) >= 11 is 0. The van der Waals surface area contributed by atoms with Crippen molar-refractivity contribution in [1.29, 1.82) is 0 Å². The van der Waals surface area contributed by atoms with Gasteiger partial charge in [0.05, 0.1) is 19.6 Å². The maximum absolute atomic E-state index is 12.8. The van der Waals surface area contributed by atoms with Crippen LogP contribution in [0.3, 0.4) is 0 Å². The fraction of sp³-hybridized carbons (Fsp3) is 0.250. The van der Waals surface area contributed by atoms with Crippen molar-refractivity contribution < 1.29 is 32.2 Å². The van der Waals surface area contributed by atoms with Gasteiger partial charge < -0.3 is 19.7 Å². The number of nitrogens with one attached hydrogen (secondary N) is 1. The first kappa shape index (κ1) is 23.9. The van der Waals surface area contributed by atoms with Gasteiger partial charge in [0.25, 0.3) is 0 Å². The minimum absolute atomic E-state index is 0.214. The van der Waals surface area contributed by atoms with Crippen LogP contribution in [0.4, 0.5) is 18.9 Å². The van der Waals surface area contributed by atoms with E-state index in [0.29, 0.717) is 0 Å². The number of carbonyl (C=O) groups is 2. The number of benzene rings is 3. The molecular formula is C24H23F3N2O4. The molecule has 0 bridgehead atoms. The number of methoxy groups -OCH3 is 1. The van der Waals surface area contributed by atoms with Crippen molar-refractivity contribution in [2.24, 2.45) is 0 Å². The van der Waals surface area contributed by atoms with Gasteiger partial charge in [-0.05, 0) is 59.7 Å². The lowest BCUT2D eigenvalue weighted by atomic mass is 9.96. The quantitative estimate of drug-likeness (QED) is 0.542. The van der Waals surface area contributed by atoms with E-state index in [0.717, 1.165) is 34.2 Å². The summed E-state index contributed by atoms with van der Waals surface area (Å²) in [5.74, 6) is -0.851. The molecule has 0 aromatic heterocycles. The Morgan fingerprint density at radius 3 is 2.21 bits per heavy atom. The van der Waals surface area contributed by atoms with Gasteiger partial charge in [0, 0.05) is 12.7 Å². The molecular weight excluding hydrogens is 437 g/mol. The first-order chi connectivity index (χ1) is 15.6. The predicted molar refractivity (Wildman–Crippen MR) is 118 cm³/mol. The lowest BCUT2D eigenvalue weighted by Gasteiger charge is -2.21. The number of nitrogens with zero attached hydrogens (tertiary/aromatic N) is 1. The molecule has 3 aromatic carbocycles. The van der Waals surface area contributed by atoms with Crippen LogP contribution in [0.1, 0.15) is 18.4 Å². The number of amides is 2. The standard InChI is InChI=1S/C24H23F3N2O4/c1-15(16-4-5-18-13-21(32-3)9-6-17(18)12-16)23(31)29(2)14-22(30)28-19-7-10-20(11-8-19)33-24(25,26)27/h4-13,15H,14H2,1-3H3,(H,28,30)/t15-/m0/s1. The smallest absolute Gasteiger partial charge is 0.497 e. The molecule has 0 saturated carbocycles.